The Kier molecular flexibility index (Phi) is 5.56. The number of rotatable bonds is 4. The quantitative estimate of drug-likeness (QED) is 0.671. The van der Waals surface area contributed by atoms with Crippen molar-refractivity contribution < 1.29 is 9.59 Å². The smallest absolute Gasteiger partial charge is 0.269 e. The monoisotopic (exact) mass is 381 g/mol. The van der Waals surface area contributed by atoms with Gasteiger partial charge >= 0.3 is 0 Å². The molecule has 0 bridgehead atoms. The standard InChI is InChI=1S/C21H23N3O2S/c1-21(2,3)15-10-8-14(9-11-15)20(26)24-23-18(25)12-13-19-22-16-6-4-5-7-17(16)27-19/h4-11H,12-13H2,1-3H3,(H,23,25)(H,24,26). The van der Waals surface area contributed by atoms with Crippen molar-refractivity contribution in [3.63, 3.8) is 0 Å². The van der Waals surface area contributed by atoms with E-state index in [0.717, 1.165) is 20.8 Å². The van der Waals surface area contributed by atoms with Gasteiger partial charge in [-0.05, 0) is 35.2 Å². The van der Waals surface area contributed by atoms with Gasteiger partial charge in [0.25, 0.3) is 5.91 Å². The van der Waals surface area contributed by atoms with Crippen LogP contribution < -0.4 is 10.9 Å². The minimum atomic E-state index is -0.330. The van der Waals surface area contributed by atoms with Crippen molar-refractivity contribution in [1.29, 1.82) is 0 Å². The maximum Gasteiger partial charge on any atom is 0.269 e. The summed E-state index contributed by atoms with van der Waals surface area (Å²) in [7, 11) is 0. The molecule has 6 heteroatoms. The first-order chi connectivity index (χ1) is 12.8. The van der Waals surface area contributed by atoms with Crippen molar-refractivity contribution in [1.82, 2.24) is 15.8 Å². The maximum atomic E-state index is 12.2. The van der Waals surface area contributed by atoms with Gasteiger partial charge in [0, 0.05) is 18.4 Å². The molecule has 0 fully saturated rings. The van der Waals surface area contributed by atoms with Gasteiger partial charge in [0.15, 0.2) is 0 Å². The van der Waals surface area contributed by atoms with Crippen LogP contribution in [0.5, 0.6) is 0 Å². The normalized spacial score (nSPS) is 11.4. The highest BCUT2D eigenvalue weighted by molar-refractivity contribution is 7.18. The van der Waals surface area contributed by atoms with E-state index >= 15 is 0 Å². The van der Waals surface area contributed by atoms with Gasteiger partial charge in [-0.2, -0.15) is 0 Å². The number of para-hydroxylation sites is 1. The molecule has 0 unspecified atom stereocenters. The Hall–Kier alpha value is -2.73. The van der Waals surface area contributed by atoms with Gasteiger partial charge in [0.1, 0.15) is 0 Å². The number of benzene rings is 2. The largest absolute Gasteiger partial charge is 0.273 e. The van der Waals surface area contributed by atoms with Gasteiger partial charge in [-0.25, -0.2) is 4.98 Å². The summed E-state index contributed by atoms with van der Waals surface area (Å²) in [5, 5.41) is 0.912. The maximum absolute atomic E-state index is 12.2. The second-order valence-corrected chi connectivity index (χ2v) is 8.52. The molecule has 0 radical (unpaired) electrons. The van der Waals surface area contributed by atoms with Crippen LogP contribution in [0.1, 0.15) is 48.1 Å². The Morgan fingerprint density at radius 3 is 2.37 bits per heavy atom. The number of hydrazine groups is 1. The minimum absolute atomic E-state index is 0.0316. The van der Waals surface area contributed by atoms with Crippen LogP contribution in [-0.2, 0) is 16.6 Å². The highest BCUT2D eigenvalue weighted by atomic mass is 32.1. The molecule has 2 amide bonds. The lowest BCUT2D eigenvalue weighted by Crippen LogP contribution is -2.41. The summed E-state index contributed by atoms with van der Waals surface area (Å²) >= 11 is 1.59. The lowest BCUT2D eigenvalue weighted by atomic mass is 9.87. The van der Waals surface area contributed by atoms with Crippen molar-refractivity contribution in [2.45, 2.75) is 39.0 Å². The zero-order chi connectivity index (χ0) is 19.4. The van der Waals surface area contributed by atoms with Crippen LogP contribution >= 0.6 is 11.3 Å². The van der Waals surface area contributed by atoms with Gasteiger partial charge in [0.05, 0.1) is 15.2 Å². The molecule has 27 heavy (non-hydrogen) atoms. The number of nitrogens with zero attached hydrogens (tertiary/aromatic N) is 1. The molecule has 140 valence electrons. The summed E-state index contributed by atoms with van der Waals surface area (Å²) in [6, 6.07) is 15.3. The first-order valence-corrected chi connectivity index (χ1v) is 9.69. The molecule has 2 aromatic carbocycles. The number of aryl methyl sites for hydroxylation is 1. The molecule has 0 spiro atoms. The predicted molar refractivity (Wildman–Crippen MR) is 109 cm³/mol. The van der Waals surface area contributed by atoms with Gasteiger partial charge < -0.3 is 0 Å². The Labute approximate surface area is 162 Å². The highest BCUT2D eigenvalue weighted by Crippen LogP contribution is 2.23. The van der Waals surface area contributed by atoms with E-state index in [0.29, 0.717) is 12.0 Å². The third-order valence-electron chi connectivity index (χ3n) is 4.23. The summed E-state index contributed by atoms with van der Waals surface area (Å²) in [6.45, 7) is 6.36. The fraction of sp³-hybridized carbons (Fsp3) is 0.286. The first-order valence-electron chi connectivity index (χ1n) is 8.87. The lowest BCUT2D eigenvalue weighted by Gasteiger charge is -2.19. The van der Waals surface area contributed by atoms with Crippen LogP contribution in [0.15, 0.2) is 48.5 Å². The number of amides is 2. The molecule has 0 saturated carbocycles. The number of fused-ring (bicyclic) bond motifs is 1. The number of thiazole rings is 1. The number of nitrogens with one attached hydrogen (secondary N) is 2. The third kappa shape index (κ3) is 4.92. The van der Waals surface area contributed by atoms with Gasteiger partial charge in [-0.3, -0.25) is 20.4 Å². The van der Waals surface area contributed by atoms with Gasteiger partial charge in [-0.1, -0.05) is 45.0 Å². The molecule has 2 N–H and O–H groups in total. The molecular formula is C21H23N3O2S. The summed E-state index contributed by atoms with van der Waals surface area (Å²) in [5.74, 6) is -0.572. The van der Waals surface area contributed by atoms with E-state index < -0.39 is 0 Å². The number of aromatic nitrogens is 1. The second-order valence-electron chi connectivity index (χ2n) is 7.40. The summed E-state index contributed by atoms with van der Waals surface area (Å²) in [4.78, 5) is 28.7. The van der Waals surface area contributed by atoms with Crippen LogP contribution in [0, 0.1) is 0 Å². The Bertz CT molecular complexity index is 922. The molecule has 5 nitrogen and oxygen atoms in total. The Morgan fingerprint density at radius 2 is 1.70 bits per heavy atom. The molecule has 0 aliphatic carbocycles. The fourth-order valence-electron chi connectivity index (χ4n) is 2.63. The van der Waals surface area contributed by atoms with Crippen molar-refractivity contribution in [2.24, 2.45) is 0 Å². The molecule has 3 aromatic rings. The first kappa shape index (κ1) is 19.0. The van der Waals surface area contributed by atoms with Crippen molar-refractivity contribution >= 4 is 33.4 Å². The average molecular weight is 382 g/mol. The van der Waals surface area contributed by atoms with E-state index in [9.17, 15) is 9.59 Å². The molecule has 1 aromatic heterocycles. The van der Waals surface area contributed by atoms with Crippen LogP contribution in [0.2, 0.25) is 0 Å². The summed E-state index contributed by atoms with van der Waals surface area (Å²) in [5.41, 5.74) is 7.57. The number of hydrogen-bond donors (Lipinski definition) is 2. The molecule has 1 heterocycles. The molecule has 0 atom stereocenters. The zero-order valence-electron chi connectivity index (χ0n) is 15.7. The van der Waals surface area contributed by atoms with Crippen molar-refractivity contribution in [2.75, 3.05) is 0 Å². The van der Waals surface area contributed by atoms with E-state index in [4.69, 9.17) is 0 Å². The molecule has 0 aliphatic rings. The molecule has 0 aliphatic heterocycles. The van der Waals surface area contributed by atoms with Crippen LogP contribution in [0.4, 0.5) is 0 Å². The van der Waals surface area contributed by atoms with E-state index in [1.807, 2.05) is 36.4 Å². The van der Waals surface area contributed by atoms with E-state index in [-0.39, 0.29) is 23.7 Å². The fourth-order valence-corrected chi connectivity index (χ4v) is 3.60. The SMILES string of the molecule is CC(C)(C)c1ccc(C(=O)NNC(=O)CCc2nc3ccccc3s2)cc1. The third-order valence-corrected chi connectivity index (χ3v) is 5.33. The molecule has 3 rings (SSSR count). The minimum Gasteiger partial charge on any atom is -0.273 e. The number of hydrogen-bond acceptors (Lipinski definition) is 4. The zero-order valence-corrected chi connectivity index (χ0v) is 16.5. The lowest BCUT2D eigenvalue weighted by molar-refractivity contribution is -0.121. The van der Waals surface area contributed by atoms with E-state index in [1.54, 1.807) is 23.5 Å². The number of carbonyl (C=O) groups is 2. The van der Waals surface area contributed by atoms with Crippen LogP contribution in [0.3, 0.4) is 0 Å². The van der Waals surface area contributed by atoms with Crippen LogP contribution in [-0.4, -0.2) is 16.8 Å². The summed E-state index contributed by atoms with van der Waals surface area (Å²) < 4.78 is 1.11. The Balaban J connectivity index is 1.49. The van der Waals surface area contributed by atoms with Crippen LogP contribution in [0.25, 0.3) is 10.2 Å². The van der Waals surface area contributed by atoms with Gasteiger partial charge in [0.2, 0.25) is 5.91 Å². The van der Waals surface area contributed by atoms with Crippen molar-refractivity contribution in [3.05, 3.63) is 64.7 Å². The van der Waals surface area contributed by atoms with E-state index in [1.165, 1.54) is 0 Å². The second kappa shape index (κ2) is 7.88. The molecule has 0 saturated heterocycles. The molecular weight excluding hydrogens is 358 g/mol. The highest BCUT2D eigenvalue weighted by Gasteiger charge is 2.14. The van der Waals surface area contributed by atoms with Gasteiger partial charge in [-0.15, -0.1) is 11.3 Å². The number of carbonyl (C=O) groups excluding carboxylic acids is 2. The predicted octanol–water partition coefficient (Wildman–Crippen LogP) is 3.99. The Morgan fingerprint density at radius 1 is 1.00 bits per heavy atom. The van der Waals surface area contributed by atoms with Crippen molar-refractivity contribution in [3.8, 4) is 0 Å². The topological polar surface area (TPSA) is 71.1 Å². The average Bonchev–Trinajstić information content (AvgIpc) is 3.07. The summed E-state index contributed by atoms with van der Waals surface area (Å²) in [6.07, 6.45) is 0.810. The van der Waals surface area contributed by atoms with E-state index in [2.05, 4.69) is 36.6 Å².